The summed E-state index contributed by atoms with van der Waals surface area (Å²) in [5, 5.41) is 9.03. The molecule has 0 aromatic carbocycles. The molecule has 2 atom stereocenters. The Morgan fingerprint density at radius 2 is 1.32 bits per heavy atom. The van der Waals surface area contributed by atoms with Gasteiger partial charge in [-0.05, 0) is 12.8 Å². The number of hydrogen-bond acceptors (Lipinski definition) is 3. The predicted octanol–water partition coefficient (Wildman–Crippen LogP) is 5.88. The Labute approximate surface area is 156 Å². The van der Waals surface area contributed by atoms with Gasteiger partial charge in [-0.2, -0.15) is 0 Å². The van der Waals surface area contributed by atoms with Crippen molar-refractivity contribution in [2.75, 3.05) is 26.4 Å². The number of aliphatic hydroxyl groups is 1. The second-order valence-electron chi connectivity index (χ2n) is 7.91. The molecule has 0 spiro atoms. The molecule has 0 amide bonds. The first-order valence-electron chi connectivity index (χ1n) is 11.2. The van der Waals surface area contributed by atoms with Crippen LogP contribution in [-0.4, -0.2) is 37.6 Å². The average molecular weight is 357 g/mol. The number of unbranched alkanes of at least 4 members (excludes halogenated alkanes) is 13. The van der Waals surface area contributed by atoms with Crippen LogP contribution in [0.25, 0.3) is 0 Å². The Morgan fingerprint density at radius 1 is 0.800 bits per heavy atom. The summed E-state index contributed by atoms with van der Waals surface area (Å²) in [5.41, 5.74) is 0. The second kappa shape index (κ2) is 17.3. The topological polar surface area (TPSA) is 38.7 Å². The molecule has 0 radical (unpaired) electrons. The molecule has 0 aromatic heterocycles. The van der Waals surface area contributed by atoms with E-state index >= 15 is 0 Å². The van der Waals surface area contributed by atoms with Crippen molar-refractivity contribution in [2.24, 2.45) is 5.92 Å². The quantitative estimate of drug-likeness (QED) is 0.312. The van der Waals surface area contributed by atoms with Gasteiger partial charge in [0.05, 0.1) is 25.9 Å². The SMILES string of the molecule is CCCCCCCCCCCCCCCCOCC1COC(CO)C1. The van der Waals surface area contributed by atoms with Gasteiger partial charge in [-0.15, -0.1) is 0 Å². The molecule has 3 heteroatoms. The van der Waals surface area contributed by atoms with Gasteiger partial charge in [0.25, 0.3) is 0 Å². The molecule has 1 rings (SSSR count). The van der Waals surface area contributed by atoms with Crippen LogP contribution in [0.1, 0.15) is 103 Å². The van der Waals surface area contributed by atoms with Crippen LogP contribution in [-0.2, 0) is 9.47 Å². The first kappa shape index (κ1) is 22.9. The predicted molar refractivity (Wildman–Crippen MR) is 106 cm³/mol. The zero-order chi connectivity index (χ0) is 18.0. The summed E-state index contributed by atoms with van der Waals surface area (Å²) in [6.07, 6.45) is 20.6. The summed E-state index contributed by atoms with van der Waals surface area (Å²) in [6, 6.07) is 0. The highest BCUT2D eigenvalue weighted by molar-refractivity contribution is 4.72. The molecule has 1 aliphatic rings. The fourth-order valence-corrected chi connectivity index (χ4v) is 3.67. The van der Waals surface area contributed by atoms with Crippen molar-refractivity contribution in [1.29, 1.82) is 0 Å². The first-order valence-corrected chi connectivity index (χ1v) is 11.2. The zero-order valence-electron chi connectivity index (χ0n) is 16.9. The highest BCUT2D eigenvalue weighted by Gasteiger charge is 2.24. The van der Waals surface area contributed by atoms with Crippen LogP contribution < -0.4 is 0 Å². The Hall–Kier alpha value is -0.120. The Balaban J connectivity index is 1.68. The molecule has 1 N–H and O–H groups in total. The van der Waals surface area contributed by atoms with E-state index in [1.807, 2.05) is 0 Å². The van der Waals surface area contributed by atoms with E-state index in [1.54, 1.807) is 0 Å². The van der Waals surface area contributed by atoms with Crippen molar-refractivity contribution in [3.8, 4) is 0 Å². The molecular formula is C22H44O3. The largest absolute Gasteiger partial charge is 0.394 e. The van der Waals surface area contributed by atoms with Crippen LogP contribution in [0.2, 0.25) is 0 Å². The summed E-state index contributed by atoms with van der Waals surface area (Å²) in [4.78, 5) is 0. The molecule has 150 valence electrons. The Bertz CT molecular complexity index is 270. The molecule has 0 saturated carbocycles. The molecule has 1 saturated heterocycles. The number of ether oxygens (including phenoxy) is 2. The fraction of sp³-hybridized carbons (Fsp3) is 1.00. The van der Waals surface area contributed by atoms with Crippen LogP contribution in [0.15, 0.2) is 0 Å². The second-order valence-corrected chi connectivity index (χ2v) is 7.91. The molecule has 3 nitrogen and oxygen atoms in total. The molecule has 0 aromatic rings. The van der Waals surface area contributed by atoms with Gasteiger partial charge in [0.1, 0.15) is 0 Å². The van der Waals surface area contributed by atoms with Gasteiger partial charge in [-0.1, -0.05) is 90.4 Å². The van der Waals surface area contributed by atoms with E-state index in [9.17, 15) is 0 Å². The minimum Gasteiger partial charge on any atom is -0.394 e. The van der Waals surface area contributed by atoms with E-state index in [2.05, 4.69) is 6.92 Å². The highest BCUT2D eigenvalue weighted by Crippen LogP contribution is 2.19. The van der Waals surface area contributed by atoms with E-state index in [-0.39, 0.29) is 12.7 Å². The van der Waals surface area contributed by atoms with E-state index in [0.29, 0.717) is 5.92 Å². The Kier molecular flexibility index (Phi) is 15.9. The lowest BCUT2D eigenvalue weighted by Gasteiger charge is -2.09. The van der Waals surface area contributed by atoms with Crippen molar-refractivity contribution < 1.29 is 14.6 Å². The number of aliphatic hydroxyl groups excluding tert-OH is 1. The van der Waals surface area contributed by atoms with Crippen molar-refractivity contribution in [2.45, 2.75) is 109 Å². The monoisotopic (exact) mass is 356 g/mol. The summed E-state index contributed by atoms with van der Waals surface area (Å²) < 4.78 is 11.2. The van der Waals surface area contributed by atoms with Gasteiger partial charge in [0.2, 0.25) is 0 Å². The maximum atomic E-state index is 9.03. The third-order valence-corrected chi connectivity index (χ3v) is 5.36. The smallest absolute Gasteiger partial charge is 0.0810 e. The molecular weight excluding hydrogens is 312 g/mol. The van der Waals surface area contributed by atoms with Gasteiger partial charge in [-0.25, -0.2) is 0 Å². The van der Waals surface area contributed by atoms with Crippen LogP contribution in [0.3, 0.4) is 0 Å². The van der Waals surface area contributed by atoms with Gasteiger partial charge < -0.3 is 14.6 Å². The van der Waals surface area contributed by atoms with Crippen molar-refractivity contribution in [1.82, 2.24) is 0 Å². The van der Waals surface area contributed by atoms with E-state index in [1.165, 1.54) is 89.9 Å². The van der Waals surface area contributed by atoms with Crippen LogP contribution in [0.4, 0.5) is 0 Å². The maximum Gasteiger partial charge on any atom is 0.0810 e. The van der Waals surface area contributed by atoms with Crippen molar-refractivity contribution in [3.05, 3.63) is 0 Å². The minimum atomic E-state index is 0.0506. The molecule has 0 bridgehead atoms. The number of hydrogen-bond donors (Lipinski definition) is 1. The standard InChI is InChI=1S/C22H44O3/c1-2-3-4-5-6-7-8-9-10-11-12-13-14-15-16-24-19-21-17-22(18-23)25-20-21/h21-23H,2-20H2,1H3. The van der Waals surface area contributed by atoms with Gasteiger partial charge >= 0.3 is 0 Å². The van der Waals surface area contributed by atoms with E-state index < -0.39 is 0 Å². The molecule has 25 heavy (non-hydrogen) atoms. The van der Waals surface area contributed by atoms with Crippen LogP contribution in [0, 0.1) is 5.92 Å². The lowest BCUT2D eigenvalue weighted by molar-refractivity contribution is 0.0508. The molecule has 2 unspecified atom stereocenters. The number of rotatable bonds is 18. The maximum absolute atomic E-state index is 9.03. The van der Waals surface area contributed by atoms with Gasteiger partial charge in [-0.3, -0.25) is 0 Å². The van der Waals surface area contributed by atoms with Crippen LogP contribution in [0.5, 0.6) is 0 Å². The average Bonchev–Trinajstić information content (AvgIpc) is 3.09. The van der Waals surface area contributed by atoms with E-state index in [4.69, 9.17) is 14.6 Å². The molecule has 0 aliphatic carbocycles. The highest BCUT2D eigenvalue weighted by atomic mass is 16.5. The summed E-state index contributed by atoms with van der Waals surface area (Å²) in [7, 11) is 0. The molecule has 1 heterocycles. The first-order chi connectivity index (χ1) is 12.4. The summed E-state index contributed by atoms with van der Waals surface area (Å²) >= 11 is 0. The molecule has 1 aliphatic heterocycles. The normalized spacial score (nSPS) is 20.4. The molecule has 1 fully saturated rings. The van der Waals surface area contributed by atoms with Gasteiger partial charge in [0, 0.05) is 12.5 Å². The lowest BCUT2D eigenvalue weighted by atomic mass is 10.0. The van der Waals surface area contributed by atoms with Crippen LogP contribution >= 0.6 is 0 Å². The van der Waals surface area contributed by atoms with Gasteiger partial charge in [0.15, 0.2) is 0 Å². The fourth-order valence-electron chi connectivity index (χ4n) is 3.67. The lowest BCUT2D eigenvalue weighted by Crippen LogP contribution is -2.12. The zero-order valence-corrected chi connectivity index (χ0v) is 16.9. The third-order valence-electron chi connectivity index (χ3n) is 5.36. The minimum absolute atomic E-state index is 0.0506. The summed E-state index contributed by atoms with van der Waals surface area (Å²) in [5.74, 6) is 0.490. The Morgan fingerprint density at radius 3 is 1.80 bits per heavy atom. The summed E-state index contributed by atoms with van der Waals surface area (Å²) in [6.45, 7) is 4.87. The van der Waals surface area contributed by atoms with Crippen molar-refractivity contribution >= 4 is 0 Å². The van der Waals surface area contributed by atoms with Crippen molar-refractivity contribution in [3.63, 3.8) is 0 Å². The van der Waals surface area contributed by atoms with E-state index in [0.717, 1.165) is 26.2 Å². The third kappa shape index (κ3) is 13.7.